The molecule has 0 amide bonds. The highest BCUT2D eigenvalue weighted by Crippen LogP contribution is 2.49. The molecule has 2 heterocycles. The first-order valence-electron chi connectivity index (χ1n) is 7.16. The Morgan fingerprint density at radius 1 is 0.826 bits per heavy atom. The Hall–Kier alpha value is -2.50. The van der Waals surface area contributed by atoms with E-state index in [-0.39, 0.29) is 4.90 Å². The molecule has 0 bridgehead atoms. The van der Waals surface area contributed by atoms with Crippen molar-refractivity contribution in [3.05, 3.63) is 95.8 Å². The molecule has 0 aliphatic carbocycles. The van der Waals surface area contributed by atoms with Gasteiger partial charge in [0.05, 0.1) is 0 Å². The minimum Gasteiger partial charge on any atom is -0.264 e. The molecule has 0 saturated carbocycles. The fourth-order valence-corrected chi connectivity index (χ4v) is 4.43. The van der Waals surface area contributed by atoms with Gasteiger partial charge < -0.3 is 0 Å². The van der Waals surface area contributed by atoms with E-state index in [1.54, 1.807) is 6.20 Å². The van der Waals surface area contributed by atoms with E-state index in [0.717, 1.165) is 11.1 Å². The Bertz CT molecular complexity index is 914. The normalized spacial score (nSPS) is 17.6. The SMILES string of the molecule is O=S1(=O)OC(c2ccccc2)(c2ccccc2)c2cnccc21. The Morgan fingerprint density at radius 3 is 1.96 bits per heavy atom. The third-order valence-electron chi connectivity index (χ3n) is 4.03. The highest BCUT2D eigenvalue weighted by atomic mass is 32.2. The van der Waals surface area contributed by atoms with Crippen molar-refractivity contribution in [2.24, 2.45) is 0 Å². The molecular weight excluding hydrogens is 310 g/mol. The number of benzene rings is 2. The van der Waals surface area contributed by atoms with Gasteiger partial charge in [-0.15, -0.1) is 0 Å². The molecule has 23 heavy (non-hydrogen) atoms. The highest BCUT2D eigenvalue weighted by molar-refractivity contribution is 7.87. The molecule has 1 aliphatic rings. The average Bonchev–Trinajstić information content (AvgIpc) is 2.86. The number of aromatic nitrogens is 1. The summed E-state index contributed by atoms with van der Waals surface area (Å²) in [4.78, 5) is 4.29. The quantitative estimate of drug-likeness (QED) is 0.680. The molecule has 114 valence electrons. The third-order valence-corrected chi connectivity index (χ3v) is 5.39. The first-order valence-corrected chi connectivity index (χ1v) is 8.56. The second-order valence-corrected chi connectivity index (χ2v) is 6.84. The number of pyridine rings is 1. The molecule has 0 fully saturated rings. The van der Waals surface area contributed by atoms with Gasteiger partial charge in [0.2, 0.25) is 0 Å². The van der Waals surface area contributed by atoms with Gasteiger partial charge >= 0.3 is 0 Å². The van der Waals surface area contributed by atoms with Crippen molar-refractivity contribution in [1.82, 2.24) is 4.98 Å². The average molecular weight is 323 g/mol. The predicted octanol–water partition coefficient (Wildman–Crippen LogP) is 3.09. The molecule has 5 heteroatoms. The Morgan fingerprint density at radius 2 is 1.39 bits per heavy atom. The lowest BCUT2D eigenvalue weighted by molar-refractivity contribution is 0.180. The summed E-state index contributed by atoms with van der Waals surface area (Å²) >= 11 is 0. The third kappa shape index (κ3) is 2.01. The van der Waals surface area contributed by atoms with Crippen molar-refractivity contribution >= 4 is 10.1 Å². The van der Waals surface area contributed by atoms with Crippen LogP contribution in [0.1, 0.15) is 16.7 Å². The van der Waals surface area contributed by atoms with E-state index in [0.29, 0.717) is 5.56 Å². The van der Waals surface area contributed by atoms with Crippen LogP contribution in [0.25, 0.3) is 0 Å². The van der Waals surface area contributed by atoms with E-state index in [9.17, 15) is 8.42 Å². The van der Waals surface area contributed by atoms with Gasteiger partial charge in [0.25, 0.3) is 10.1 Å². The molecule has 0 spiro atoms. The molecule has 0 N–H and O–H groups in total. The van der Waals surface area contributed by atoms with Gasteiger partial charge in [0, 0.05) is 18.0 Å². The fraction of sp³-hybridized carbons (Fsp3) is 0.0556. The lowest BCUT2D eigenvalue weighted by Crippen LogP contribution is -2.29. The molecule has 0 atom stereocenters. The standard InChI is InChI=1S/C18H13NO3S/c20-23(21)17-11-12-19-13-16(17)18(22-23,14-7-3-1-4-8-14)15-9-5-2-6-10-15/h1-13H. The molecule has 4 nitrogen and oxygen atoms in total. The zero-order chi connectivity index (χ0) is 15.9. The summed E-state index contributed by atoms with van der Waals surface area (Å²) in [5, 5.41) is 0. The zero-order valence-electron chi connectivity index (χ0n) is 12.1. The van der Waals surface area contributed by atoms with Crippen LogP contribution in [-0.2, 0) is 19.9 Å². The molecule has 3 aromatic rings. The molecule has 1 aromatic heterocycles. The zero-order valence-corrected chi connectivity index (χ0v) is 12.9. The van der Waals surface area contributed by atoms with Crippen molar-refractivity contribution in [2.75, 3.05) is 0 Å². The minimum absolute atomic E-state index is 0.167. The molecule has 2 aromatic carbocycles. The van der Waals surface area contributed by atoms with E-state index in [1.165, 1.54) is 12.3 Å². The van der Waals surface area contributed by atoms with E-state index in [2.05, 4.69) is 4.98 Å². The van der Waals surface area contributed by atoms with Crippen LogP contribution in [0.2, 0.25) is 0 Å². The van der Waals surface area contributed by atoms with Crippen LogP contribution in [-0.4, -0.2) is 13.4 Å². The Kier molecular flexibility index (Phi) is 3.07. The van der Waals surface area contributed by atoms with Crippen molar-refractivity contribution in [3.63, 3.8) is 0 Å². The van der Waals surface area contributed by atoms with E-state index in [4.69, 9.17) is 4.18 Å². The lowest BCUT2D eigenvalue weighted by atomic mass is 9.81. The lowest BCUT2D eigenvalue weighted by Gasteiger charge is -2.28. The largest absolute Gasteiger partial charge is 0.299 e. The minimum atomic E-state index is -3.85. The van der Waals surface area contributed by atoms with E-state index >= 15 is 0 Å². The maximum Gasteiger partial charge on any atom is 0.299 e. The van der Waals surface area contributed by atoms with Crippen molar-refractivity contribution < 1.29 is 12.6 Å². The van der Waals surface area contributed by atoms with Gasteiger partial charge in [0.1, 0.15) is 4.90 Å². The van der Waals surface area contributed by atoms with Crippen LogP contribution in [0.5, 0.6) is 0 Å². The molecule has 0 unspecified atom stereocenters. The summed E-state index contributed by atoms with van der Waals surface area (Å²) in [5.41, 5.74) is 0.839. The summed E-state index contributed by atoms with van der Waals surface area (Å²) in [7, 11) is -3.85. The van der Waals surface area contributed by atoms with Crippen LogP contribution in [0.3, 0.4) is 0 Å². The highest BCUT2D eigenvalue weighted by Gasteiger charge is 2.51. The Labute approximate surface area is 134 Å². The number of rotatable bonds is 2. The second-order valence-electron chi connectivity index (χ2n) is 5.32. The van der Waals surface area contributed by atoms with Crippen LogP contribution in [0.4, 0.5) is 0 Å². The molecular formula is C18H13NO3S. The number of hydrogen-bond donors (Lipinski definition) is 0. The summed E-state index contributed by atoms with van der Waals surface area (Å²) in [6.45, 7) is 0. The van der Waals surface area contributed by atoms with E-state index < -0.39 is 15.7 Å². The smallest absolute Gasteiger partial charge is 0.264 e. The first kappa shape index (κ1) is 14.1. The predicted molar refractivity (Wildman–Crippen MR) is 85.3 cm³/mol. The van der Waals surface area contributed by atoms with Gasteiger partial charge in [-0.3, -0.25) is 4.98 Å². The topological polar surface area (TPSA) is 56.3 Å². The first-order chi connectivity index (χ1) is 11.1. The summed E-state index contributed by atoms with van der Waals surface area (Å²) in [5.74, 6) is 0. The monoisotopic (exact) mass is 323 g/mol. The number of hydrogen-bond acceptors (Lipinski definition) is 4. The number of nitrogens with zero attached hydrogens (tertiary/aromatic N) is 1. The molecule has 4 rings (SSSR count). The van der Waals surface area contributed by atoms with Crippen molar-refractivity contribution in [2.45, 2.75) is 10.5 Å². The Balaban J connectivity index is 2.12. The van der Waals surface area contributed by atoms with Crippen LogP contribution in [0, 0.1) is 0 Å². The molecule has 0 radical (unpaired) electrons. The van der Waals surface area contributed by atoms with Crippen molar-refractivity contribution in [3.8, 4) is 0 Å². The molecule has 0 saturated heterocycles. The summed E-state index contributed by atoms with van der Waals surface area (Å²) < 4.78 is 30.8. The summed E-state index contributed by atoms with van der Waals surface area (Å²) in [6.07, 6.45) is 3.03. The van der Waals surface area contributed by atoms with Crippen molar-refractivity contribution in [1.29, 1.82) is 0 Å². The van der Waals surface area contributed by atoms with Gasteiger partial charge in [-0.2, -0.15) is 8.42 Å². The van der Waals surface area contributed by atoms with Crippen LogP contribution >= 0.6 is 0 Å². The maximum absolute atomic E-state index is 12.6. The molecule has 1 aliphatic heterocycles. The maximum atomic E-state index is 12.6. The second kappa shape index (κ2) is 5.01. The fourth-order valence-electron chi connectivity index (χ4n) is 3.04. The van der Waals surface area contributed by atoms with Gasteiger partial charge in [-0.05, 0) is 17.2 Å². The van der Waals surface area contributed by atoms with E-state index in [1.807, 2.05) is 60.7 Å². The summed E-state index contributed by atoms with van der Waals surface area (Å²) in [6, 6.07) is 20.2. The van der Waals surface area contributed by atoms with Gasteiger partial charge in [-0.1, -0.05) is 60.7 Å². The number of fused-ring (bicyclic) bond motifs is 1. The van der Waals surface area contributed by atoms with Gasteiger partial charge in [-0.25, -0.2) is 4.18 Å². The van der Waals surface area contributed by atoms with Gasteiger partial charge in [0.15, 0.2) is 5.60 Å². The van der Waals surface area contributed by atoms with Crippen LogP contribution < -0.4 is 0 Å². The van der Waals surface area contributed by atoms with Crippen LogP contribution in [0.15, 0.2) is 84.0 Å².